The van der Waals surface area contributed by atoms with Gasteiger partial charge < -0.3 is 0 Å². The molecule has 0 saturated carbocycles. The molecule has 0 spiro atoms. The summed E-state index contributed by atoms with van der Waals surface area (Å²) in [4.78, 5) is 8.29. The van der Waals surface area contributed by atoms with Crippen molar-refractivity contribution in [2.45, 2.75) is 20.3 Å². The molecule has 0 atom stereocenters. The van der Waals surface area contributed by atoms with Crippen LogP contribution in [-0.2, 0) is 6.42 Å². The molecule has 1 aromatic heterocycles. The highest BCUT2D eigenvalue weighted by atomic mass is 19.2. The maximum absolute atomic E-state index is 14.2. The average molecular weight is 328 g/mol. The number of aromatic nitrogens is 2. The molecule has 24 heavy (non-hydrogen) atoms. The van der Waals surface area contributed by atoms with Crippen molar-refractivity contribution in [2.75, 3.05) is 0 Å². The van der Waals surface area contributed by atoms with Crippen LogP contribution in [0.5, 0.6) is 0 Å². The van der Waals surface area contributed by atoms with Crippen LogP contribution >= 0.6 is 0 Å². The summed E-state index contributed by atoms with van der Waals surface area (Å²) in [6, 6.07) is 7.77. The van der Waals surface area contributed by atoms with Crippen LogP contribution in [0, 0.1) is 24.4 Å². The van der Waals surface area contributed by atoms with Gasteiger partial charge in [0.1, 0.15) is 5.82 Å². The Hall–Kier alpha value is -2.69. The van der Waals surface area contributed by atoms with Crippen molar-refractivity contribution in [3.05, 3.63) is 71.3 Å². The molecule has 1 heterocycles. The molecule has 0 fully saturated rings. The molecule has 0 N–H and O–H groups in total. The number of rotatable bonds is 3. The van der Waals surface area contributed by atoms with E-state index in [-0.39, 0.29) is 11.4 Å². The van der Waals surface area contributed by atoms with Gasteiger partial charge in [0, 0.05) is 29.1 Å². The van der Waals surface area contributed by atoms with Crippen molar-refractivity contribution in [1.29, 1.82) is 0 Å². The molecular weight excluding hydrogens is 313 g/mol. The minimum absolute atomic E-state index is 0.103. The lowest BCUT2D eigenvalue weighted by molar-refractivity contribution is 0.502. The van der Waals surface area contributed by atoms with Gasteiger partial charge in [-0.1, -0.05) is 31.2 Å². The van der Waals surface area contributed by atoms with Gasteiger partial charge in [-0.3, -0.25) is 0 Å². The van der Waals surface area contributed by atoms with Crippen LogP contribution in [0.1, 0.15) is 18.1 Å². The van der Waals surface area contributed by atoms with Crippen molar-refractivity contribution in [1.82, 2.24) is 9.97 Å². The second-order valence-corrected chi connectivity index (χ2v) is 5.51. The standard InChI is InChI=1S/C19H15F3N2/c1-3-12-6-7-15(18(22)17(12)21)14-9-23-19(24-10-14)13-5-4-11(2)16(20)8-13/h4-10H,3H2,1-2H3. The number of hydrogen-bond acceptors (Lipinski definition) is 2. The SMILES string of the molecule is CCc1ccc(-c2cnc(-c3ccc(C)c(F)c3)nc2)c(F)c1F. The lowest BCUT2D eigenvalue weighted by atomic mass is 10.0. The van der Waals surface area contributed by atoms with Gasteiger partial charge in [-0.2, -0.15) is 0 Å². The van der Waals surface area contributed by atoms with E-state index in [4.69, 9.17) is 0 Å². The highest BCUT2D eigenvalue weighted by Crippen LogP contribution is 2.27. The Balaban J connectivity index is 1.98. The summed E-state index contributed by atoms with van der Waals surface area (Å²) in [5.74, 6) is -1.78. The van der Waals surface area contributed by atoms with Crippen LogP contribution in [0.2, 0.25) is 0 Å². The van der Waals surface area contributed by atoms with E-state index in [1.165, 1.54) is 24.5 Å². The zero-order valence-corrected chi connectivity index (χ0v) is 13.3. The maximum Gasteiger partial charge on any atom is 0.167 e. The number of benzene rings is 2. The Morgan fingerprint density at radius 2 is 1.58 bits per heavy atom. The number of aryl methyl sites for hydroxylation is 2. The maximum atomic E-state index is 14.2. The van der Waals surface area contributed by atoms with Gasteiger partial charge >= 0.3 is 0 Å². The molecule has 0 saturated heterocycles. The Morgan fingerprint density at radius 3 is 2.21 bits per heavy atom. The summed E-state index contributed by atoms with van der Waals surface area (Å²) in [7, 11) is 0. The molecule has 0 aliphatic heterocycles. The zero-order valence-electron chi connectivity index (χ0n) is 13.3. The van der Waals surface area contributed by atoms with E-state index in [1.807, 2.05) is 0 Å². The minimum atomic E-state index is -0.910. The molecule has 2 aromatic carbocycles. The smallest absolute Gasteiger partial charge is 0.167 e. The lowest BCUT2D eigenvalue weighted by Gasteiger charge is -2.08. The molecule has 0 aliphatic carbocycles. The number of nitrogens with zero attached hydrogens (tertiary/aromatic N) is 2. The van der Waals surface area contributed by atoms with Crippen LogP contribution in [-0.4, -0.2) is 9.97 Å². The molecule has 2 nitrogen and oxygen atoms in total. The first-order valence-corrected chi connectivity index (χ1v) is 7.57. The largest absolute Gasteiger partial charge is 0.236 e. The summed E-state index contributed by atoms with van der Waals surface area (Å²) in [6.45, 7) is 3.43. The fourth-order valence-electron chi connectivity index (χ4n) is 2.43. The molecule has 0 amide bonds. The molecule has 5 heteroatoms. The van der Waals surface area contributed by atoms with Gasteiger partial charge in [-0.05, 0) is 30.5 Å². The Bertz CT molecular complexity index is 890. The monoisotopic (exact) mass is 328 g/mol. The van der Waals surface area contributed by atoms with Crippen molar-refractivity contribution < 1.29 is 13.2 Å². The normalized spacial score (nSPS) is 10.9. The summed E-state index contributed by atoms with van der Waals surface area (Å²) >= 11 is 0. The van der Waals surface area contributed by atoms with E-state index in [9.17, 15) is 13.2 Å². The highest BCUT2D eigenvalue weighted by molar-refractivity contribution is 5.65. The first kappa shape index (κ1) is 16.2. The summed E-state index contributed by atoms with van der Waals surface area (Å²) < 4.78 is 41.7. The van der Waals surface area contributed by atoms with Gasteiger partial charge in [0.15, 0.2) is 17.5 Å². The molecule has 0 bridgehead atoms. The van der Waals surface area contributed by atoms with Crippen LogP contribution in [0.25, 0.3) is 22.5 Å². The Labute approximate surface area is 138 Å². The fraction of sp³-hybridized carbons (Fsp3) is 0.158. The molecular formula is C19H15F3N2. The van der Waals surface area contributed by atoms with Crippen LogP contribution in [0.15, 0.2) is 42.7 Å². The highest BCUT2D eigenvalue weighted by Gasteiger charge is 2.14. The van der Waals surface area contributed by atoms with E-state index in [1.54, 1.807) is 32.0 Å². The quantitative estimate of drug-likeness (QED) is 0.668. The van der Waals surface area contributed by atoms with E-state index in [2.05, 4.69) is 9.97 Å². The summed E-state index contributed by atoms with van der Waals surface area (Å²) in [6.07, 6.45) is 3.23. The van der Waals surface area contributed by atoms with Crippen LogP contribution in [0.4, 0.5) is 13.2 Å². The third-order valence-corrected chi connectivity index (χ3v) is 3.94. The molecule has 3 rings (SSSR count). The molecule has 0 radical (unpaired) electrons. The van der Waals surface area contributed by atoms with Crippen molar-refractivity contribution in [2.24, 2.45) is 0 Å². The molecule has 122 valence electrons. The van der Waals surface area contributed by atoms with Gasteiger partial charge in [-0.25, -0.2) is 23.1 Å². The second-order valence-electron chi connectivity index (χ2n) is 5.51. The molecule has 0 unspecified atom stereocenters. The Kier molecular flexibility index (Phi) is 4.34. The van der Waals surface area contributed by atoms with Crippen LogP contribution in [0.3, 0.4) is 0 Å². The molecule has 0 aliphatic rings. The number of hydrogen-bond donors (Lipinski definition) is 0. The van der Waals surface area contributed by atoms with Gasteiger partial charge in [-0.15, -0.1) is 0 Å². The predicted molar refractivity (Wildman–Crippen MR) is 86.9 cm³/mol. The van der Waals surface area contributed by atoms with Crippen molar-refractivity contribution in [3.63, 3.8) is 0 Å². The average Bonchev–Trinajstić information content (AvgIpc) is 2.60. The topological polar surface area (TPSA) is 25.8 Å². The molecule has 3 aromatic rings. The fourth-order valence-corrected chi connectivity index (χ4v) is 2.43. The second kappa shape index (κ2) is 6.43. The summed E-state index contributed by atoms with van der Waals surface area (Å²) in [5, 5.41) is 0. The van der Waals surface area contributed by atoms with E-state index in [0.29, 0.717) is 34.5 Å². The van der Waals surface area contributed by atoms with Crippen molar-refractivity contribution in [3.8, 4) is 22.5 Å². The van der Waals surface area contributed by atoms with E-state index < -0.39 is 11.6 Å². The zero-order chi connectivity index (χ0) is 17.3. The van der Waals surface area contributed by atoms with Crippen LogP contribution < -0.4 is 0 Å². The van der Waals surface area contributed by atoms with Gasteiger partial charge in [0.25, 0.3) is 0 Å². The van der Waals surface area contributed by atoms with Crippen molar-refractivity contribution >= 4 is 0 Å². The Morgan fingerprint density at radius 1 is 0.875 bits per heavy atom. The van der Waals surface area contributed by atoms with E-state index >= 15 is 0 Å². The minimum Gasteiger partial charge on any atom is -0.236 e. The predicted octanol–water partition coefficient (Wildman–Crippen LogP) is 5.10. The first-order chi connectivity index (χ1) is 11.5. The third kappa shape index (κ3) is 2.89. The van der Waals surface area contributed by atoms with Gasteiger partial charge in [0.2, 0.25) is 0 Å². The number of halogens is 3. The summed E-state index contributed by atoms with van der Waals surface area (Å²) in [5.41, 5.74) is 1.85. The lowest BCUT2D eigenvalue weighted by Crippen LogP contribution is -1.97. The first-order valence-electron chi connectivity index (χ1n) is 7.57. The third-order valence-electron chi connectivity index (χ3n) is 3.94. The van der Waals surface area contributed by atoms with E-state index in [0.717, 1.165) is 0 Å². The van der Waals surface area contributed by atoms with Gasteiger partial charge in [0.05, 0.1) is 0 Å².